The van der Waals surface area contributed by atoms with Gasteiger partial charge < -0.3 is 10.7 Å². The minimum Gasteiger partial charge on any atom is -0.399 e. The summed E-state index contributed by atoms with van der Waals surface area (Å²) in [7, 11) is -3.57. The maximum atomic E-state index is 12.4. The SMILES string of the molecule is CCC(C)(C)NS(=O)(=O)c1c[nH]c2ccc(N)cc12. The average molecular weight is 281 g/mol. The van der Waals surface area contributed by atoms with Crippen molar-refractivity contribution in [1.82, 2.24) is 9.71 Å². The van der Waals surface area contributed by atoms with Gasteiger partial charge in [-0.2, -0.15) is 0 Å². The molecular weight excluding hydrogens is 262 g/mol. The first kappa shape index (κ1) is 13.9. The molecule has 0 aliphatic carbocycles. The van der Waals surface area contributed by atoms with Crippen LogP contribution in [0.15, 0.2) is 29.3 Å². The lowest BCUT2D eigenvalue weighted by Gasteiger charge is -2.23. The van der Waals surface area contributed by atoms with Gasteiger partial charge in [0.15, 0.2) is 0 Å². The zero-order valence-electron chi connectivity index (χ0n) is 11.3. The summed E-state index contributed by atoms with van der Waals surface area (Å²) in [5.74, 6) is 0. The van der Waals surface area contributed by atoms with Crippen LogP contribution in [0.4, 0.5) is 5.69 Å². The first-order valence-corrected chi connectivity index (χ1v) is 7.64. The third-order valence-corrected chi connectivity index (χ3v) is 4.99. The van der Waals surface area contributed by atoms with Gasteiger partial charge in [-0.15, -0.1) is 0 Å². The molecule has 0 aliphatic heterocycles. The Labute approximate surface area is 113 Å². The molecule has 5 nitrogen and oxygen atoms in total. The summed E-state index contributed by atoms with van der Waals surface area (Å²) in [5.41, 5.74) is 6.53. The van der Waals surface area contributed by atoms with Gasteiger partial charge >= 0.3 is 0 Å². The van der Waals surface area contributed by atoms with Crippen LogP contribution in [0.1, 0.15) is 27.2 Å². The van der Waals surface area contributed by atoms with Crippen LogP contribution in [0, 0.1) is 0 Å². The van der Waals surface area contributed by atoms with E-state index in [0.29, 0.717) is 17.5 Å². The van der Waals surface area contributed by atoms with Crippen molar-refractivity contribution >= 4 is 26.6 Å². The molecule has 19 heavy (non-hydrogen) atoms. The lowest BCUT2D eigenvalue weighted by atomic mass is 10.0. The van der Waals surface area contributed by atoms with Crippen molar-refractivity contribution in [2.45, 2.75) is 37.6 Å². The molecule has 1 aromatic heterocycles. The van der Waals surface area contributed by atoms with Crippen LogP contribution < -0.4 is 10.5 Å². The molecule has 4 N–H and O–H groups in total. The van der Waals surface area contributed by atoms with Crippen LogP contribution in [0.3, 0.4) is 0 Å². The first-order valence-electron chi connectivity index (χ1n) is 6.16. The summed E-state index contributed by atoms with van der Waals surface area (Å²) < 4.78 is 27.6. The van der Waals surface area contributed by atoms with Crippen molar-refractivity contribution < 1.29 is 8.42 Å². The fourth-order valence-electron chi connectivity index (χ4n) is 1.83. The van der Waals surface area contributed by atoms with Gasteiger partial charge in [0.2, 0.25) is 10.0 Å². The predicted molar refractivity (Wildman–Crippen MR) is 77.4 cm³/mol. The summed E-state index contributed by atoms with van der Waals surface area (Å²) >= 11 is 0. The van der Waals surface area contributed by atoms with E-state index in [9.17, 15) is 8.42 Å². The Morgan fingerprint density at radius 2 is 2.05 bits per heavy atom. The van der Waals surface area contributed by atoms with Crippen LogP contribution in [-0.2, 0) is 10.0 Å². The van der Waals surface area contributed by atoms with Crippen LogP contribution >= 0.6 is 0 Å². The number of nitrogens with one attached hydrogen (secondary N) is 2. The normalized spacial score (nSPS) is 13.0. The van der Waals surface area contributed by atoms with Crippen molar-refractivity contribution in [2.75, 3.05) is 5.73 Å². The van der Waals surface area contributed by atoms with Gasteiger partial charge in [0.1, 0.15) is 4.90 Å². The number of rotatable bonds is 4. The molecule has 1 heterocycles. The zero-order valence-corrected chi connectivity index (χ0v) is 12.1. The summed E-state index contributed by atoms with van der Waals surface area (Å²) in [6, 6.07) is 5.17. The Bertz CT molecular complexity index is 702. The van der Waals surface area contributed by atoms with Gasteiger partial charge in [0.05, 0.1) is 0 Å². The molecule has 2 rings (SSSR count). The zero-order chi connectivity index (χ0) is 14.3. The van der Waals surface area contributed by atoms with Crippen molar-refractivity contribution in [3.63, 3.8) is 0 Å². The number of sulfonamides is 1. The second-order valence-electron chi connectivity index (χ2n) is 5.30. The highest BCUT2D eigenvalue weighted by molar-refractivity contribution is 7.89. The lowest BCUT2D eigenvalue weighted by Crippen LogP contribution is -2.42. The molecule has 104 valence electrons. The smallest absolute Gasteiger partial charge is 0.243 e. The number of anilines is 1. The third kappa shape index (κ3) is 2.74. The quantitative estimate of drug-likeness (QED) is 0.751. The van der Waals surface area contributed by atoms with Gasteiger partial charge in [-0.3, -0.25) is 0 Å². The van der Waals surface area contributed by atoms with E-state index in [1.54, 1.807) is 18.2 Å². The predicted octanol–water partition coefficient (Wildman–Crippen LogP) is 2.22. The Morgan fingerprint density at radius 1 is 1.37 bits per heavy atom. The molecule has 0 saturated heterocycles. The minimum atomic E-state index is -3.57. The summed E-state index contributed by atoms with van der Waals surface area (Å²) in [5, 5.41) is 0.611. The van der Waals surface area contributed by atoms with Gasteiger partial charge in [0.25, 0.3) is 0 Å². The largest absolute Gasteiger partial charge is 0.399 e. The van der Waals surface area contributed by atoms with Crippen molar-refractivity contribution in [3.05, 3.63) is 24.4 Å². The standard InChI is InChI=1S/C13H19N3O2S/c1-4-13(2,3)16-19(17,18)12-8-15-11-6-5-9(14)7-10(11)12/h5-8,15-16H,4,14H2,1-3H3. The molecule has 0 spiro atoms. The molecule has 0 bridgehead atoms. The molecule has 0 radical (unpaired) electrons. The number of H-pyrrole nitrogens is 1. The topological polar surface area (TPSA) is 88.0 Å². The Kier molecular flexibility index (Phi) is 3.32. The fraction of sp³-hybridized carbons (Fsp3) is 0.385. The molecule has 6 heteroatoms. The maximum absolute atomic E-state index is 12.4. The van der Waals surface area contributed by atoms with Crippen molar-refractivity contribution in [2.24, 2.45) is 0 Å². The van der Waals surface area contributed by atoms with Gasteiger partial charge in [0, 0.05) is 28.3 Å². The van der Waals surface area contributed by atoms with Crippen molar-refractivity contribution in [1.29, 1.82) is 0 Å². The van der Waals surface area contributed by atoms with Gasteiger partial charge in [-0.05, 0) is 38.5 Å². The minimum absolute atomic E-state index is 0.233. The highest BCUT2D eigenvalue weighted by atomic mass is 32.2. The van der Waals surface area contributed by atoms with Crippen LogP contribution in [0.25, 0.3) is 10.9 Å². The number of aromatic amines is 1. The summed E-state index contributed by atoms with van der Waals surface area (Å²) in [6.07, 6.45) is 2.20. The molecule has 0 atom stereocenters. The summed E-state index contributed by atoms with van der Waals surface area (Å²) in [6.45, 7) is 5.65. The molecule has 0 unspecified atom stereocenters. The Hall–Kier alpha value is -1.53. The van der Waals surface area contributed by atoms with E-state index in [1.807, 2.05) is 20.8 Å². The third-order valence-electron chi connectivity index (χ3n) is 3.25. The molecule has 0 fully saturated rings. The van der Waals surface area contributed by atoms with Crippen LogP contribution in [0.5, 0.6) is 0 Å². The van der Waals surface area contributed by atoms with Gasteiger partial charge in [-0.25, -0.2) is 13.1 Å². The molecular formula is C13H19N3O2S. The van der Waals surface area contributed by atoms with Crippen LogP contribution in [0.2, 0.25) is 0 Å². The number of hydrogen-bond donors (Lipinski definition) is 3. The van der Waals surface area contributed by atoms with E-state index in [0.717, 1.165) is 5.52 Å². The van der Waals surface area contributed by atoms with E-state index in [-0.39, 0.29) is 4.90 Å². The number of fused-ring (bicyclic) bond motifs is 1. The van der Waals surface area contributed by atoms with Crippen molar-refractivity contribution in [3.8, 4) is 0 Å². The maximum Gasteiger partial charge on any atom is 0.243 e. The number of aromatic nitrogens is 1. The lowest BCUT2D eigenvalue weighted by molar-refractivity contribution is 0.440. The molecule has 0 aliphatic rings. The Balaban J connectivity index is 2.52. The highest BCUT2D eigenvalue weighted by Crippen LogP contribution is 2.26. The van der Waals surface area contributed by atoms with E-state index < -0.39 is 15.6 Å². The fourth-order valence-corrected chi connectivity index (χ4v) is 3.48. The average Bonchev–Trinajstić information content (AvgIpc) is 2.71. The molecule has 2 aromatic rings. The number of benzene rings is 1. The van der Waals surface area contributed by atoms with E-state index in [4.69, 9.17) is 5.73 Å². The van der Waals surface area contributed by atoms with E-state index in [2.05, 4.69) is 9.71 Å². The van der Waals surface area contributed by atoms with E-state index >= 15 is 0 Å². The van der Waals surface area contributed by atoms with Gasteiger partial charge in [-0.1, -0.05) is 6.92 Å². The summed E-state index contributed by atoms with van der Waals surface area (Å²) in [4.78, 5) is 3.18. The molecule has 0 saturated carbocycles. The second-order valence-corrected chi connectivity index (χ2v) is 6.95. The number of nitrogens with two attached hydrogens (primary N) is 1. The van der Waals surface area contributed by atoms with Crippen LogP contribution in [-0.4, -0.2) is 18.9 Å². The number of hydrogen-bond acceptors (Lipinski definition) is 3. The van der Waals surface area contributed by atoms with E-state index in [1.165, 1.54) is 6.20 Å². The number of nitrogen functional groups attached to an aromatic ring is 1. The second kappa shape index (κ2) is 4.54. The Morgan fingerprint density at radius 3 is 2.68 bits per heavy atom. The monoisotopic (exact) mass is 281 g/mol. The molecule has 0 amide bonds. The molecule has 1 aromatic carbocycles. The highest BCUT2D eigenvalue weighted by Gasteiger charge is 2.26. The first-order chi connectivity index (χ1) is 8.75.